The van der Waals surface area contributed by atoms with Crippen molar-refractivity contribution < 1.29 is 9.32 Å². The van der Waals surface area contributed by atoms with Crippen LogP contribution in [0.25, 0.3) is 0 Å². The molecular formula is C13H15N3O2S. The molecule has 3 heterocycles. The van der Waals surface area contributed by atoms with Crippen LogP contribution in [0.15, 0.2) is 28.2 Å². The van der Waals surface area contributed by atoms with Crippen molar-refractivity contribution in [3.63, 3.8) is 0 Å². The van der Waals surface area contributed by atoms with E-state index in [-0.39, 0.29) is 11.9 Å². The van der Waals surface area contributed by atoms with Gasteiger partial charge in [-0.15, -0.1) is 11.3 Å². The van der Waals surface area contributed by atoms with Gasteiger partial charge in [-0.2, -0.15) is 0 Å². The number of carbonyl (C=O) groups excluding carboxylic acids is 1. The Bertz CT molecular complexity index is 564. The summed E-state index contributed by atoms with van der Waals surface area (Å²) in [5, 5.41) is 8.85. The Morgan fingerprint density at radius 1 is 1.58 bits per heavy atom. The molecule has 1 aliphatic rings. The first kappa shape index (κ1) is 12.4. The van der Waals surface area contributed by atoms with Crippen LogP contribution in [0.2, 0.25) is 0 Å². The Balaban J connectivity index is 1.85. The second kappa shape index (κ2) is 5.14. The summed E-state index contributed by atoms with van der Waals surface area (Å²) in [5.74, 6) is 0.813. The monoisotopic (exact) mass is 277 g/mol. The van der Waals surface area contributed by atoms with Crippen molar-refractivity contribution in [1.29, 1.82) is 0 Å². The number of hydrogen-bond acceptors (Lipinski definition) is 5. The zero-order valence-corrected chi connectivity index (χ0v) is 11.4. The molecule has 3 rings (SSSR count). The van der Waals surface area contributed by atoms with Crippen LogP contribution in [0.4, 0.5) is 0 Å². The van der Waals surface area contributed by atoms with E-state index in [0.717, 1.165) is 11.3 Å². The van der Waals surface area contributed by atoms with E-state index < -0.39 is 0 Å². The predicted molar refractivity (Wildman–Crippen MR) is 71.7 cm³/mol. The molecule has 2 aromatic rings. The van der Waals surface area contributed by atoms with Crippen molar-refractivity contribution in [2.45, 2.75) is 19.0 Å². The van der Waals surface area contributed by atoms with E-state index in [1.54, 1.807) is 23.6 Å². The van der Waals surface area contributed by atoms with E-state index in [1.165, 1.54) is 5.56 Å². The van der Waals surface area contributed by atoms with Gasteiger partial charge in [0.05, 0.1) is 12.7 Å². The fourth-order valence-electron chi connectivity index (χ4n) is 2.39. The third kappa shape index (κ3) is 2.29. The van der Waals surface area contributed by atoms with Crippen LogP contribution in [-0.4, -0.2) is 29.6 Å². The van der Waals surface area contributed by atoms with Crippen LogP contribution >= 0.6 is 11.3 Å². The van der Waals surface area contributed by atoms with Crippen molar-refractivity contribution in [2.24, 2.45) is 0 Å². The largest absolute Gasteiger partial charge is 0.360 e. The fraction of sp³-hybridized carbons (Fsp3) is 0.385. The number of nitrogens with zero attached hydrogens (tertiary/aromatic N) is 2. The van der Waals surface area contributed by atoms with Gasteiger partial charge in [-0.25, -0.2) is 0 Å². The average molecular weight is 277 g/mol. The molecule has 0 fully saturated rings. The summed E-state index contributed by atoms with van der Waals surface area (Å²) in [5.41, 5.74) is 1.26. The Morgan fingerprint density at radius 2 is 2.47 bits per heavy atom. The third-order valence-corrected chi connectivity index (χ3v) is 4.40. The lowest BCUT2D eigenvalue weighted by atomic mass is 10.1. The molecule has 1 N–H and O–H groups in total. The number of fused-ring (bicyclic) bond motifs is 1. The topological polar surface area (TPSA) is 58.4 Å². The molecule has 1 atom stereocenters. The normalized spacial score (nSPS) is 19.3. The van der Waals surface area contributed by atoms with Gasteiger partial charge in [0, 0.05) is 17.5 Å². The molecule has 6 heteroatoms. The maximum absolute atomic E-state index is 12.6. The number of carbonyl (C=O) groups is 1. The summed E-state index contributed by atoms with van der Waals surface area (Å²) >= 11 is 1.64. The minimum atomic E-state index is -0.250. The van der Waals surface area contributed by atoms with Crippen LogP contribution in [0.5, 0.6) is 0 Å². The number of rotatable bonds is 3. The highest BCUT2D eigenvalue weighted by molar-refractivity contribution is 7.10. The highest BCUT2D eigenvalue weighted by atomic mass is 32.1. The number of nitrogens with one attached hydrogen (secondary N) is 1. The van der Waals surface area contributed by atoms with E-state index in [9.17, 15) is 4.79 Å². The standard InChI is InChI=1S/C13H15N3O2S/c1-14-11-12-9(4-7-19-12)3-6-16(13(11)17)8-10-2-5-15-18-10/h2,4-5,7,11,14H,3,6,8H2,1H3. The number of amides is 1. The van der Waals surface area contributed by atoms with Gasteiger partial charge in [0.2, 0.25) is 5.91 Å². The molecule has 19 heavy (non-hydrogen) atoms. The highest BCUT2D eigenvalue weighted by Gasteiger charge is 2.31. The van der Waals surface area contributed by atoms with Gasteiger partial charge in [0.1, 0.15) is 6.04 Å². The third-order valence-electron chi connectivity index (χ3n) is 3.38. The van der Waals surface area contributed by atoms with Crippen molar-refractivity contribution in [3.05, 3.63) is 39.9 Å². The van der Waals surface area contributed by atoms with Crippen molar-refractivity contribution in [3.8, 4) is 0 Å². The summed E-state index contributed by atoms with van der Waals surface area (Å²) in [6.45, 7) is 1.19. The molecule has 1 aliphatic heterocycles. The van der Waals surface area contributed by atoms with E-state index in [2.05, 4.69) is 16.5 Å². The van der Waals surface area contributed by atoms with Gasteiger partial charge in [0.25, 0.3) is 0 Å². The first-order chi connectivity index (χ1) is 9.29. The number of aromatic nitrogens is 1. The quantitative estimate of drug-likeness (QED) is 0.925. The SMILES string of the molecule is CNC1C(=O)N(Cc2ccno2)CCc2ccsc21. The zero-order valence-electron chi connectivity index (χ0n) is 10.6. The lowest BCUT2D eigenvalue weighted by molar-refractivity contribution is -0.134. The van der Waals surface area contributed by atoms with Crippen LogP contribution in [0.3, 0.4) is 0 Å². The maximum Gasteiger partial charge on any atom is 0.245 e. The first-order valence-electron chi connectivity index (χ1n) is 6.21. The van der Waals surface area contributed by atoms with Crippen molar-refractivity contribution >= 4 is 17.2 Å². The fourth-order valence-corrected chi connectivity index (χ4v) is 3.45. The van der Waals surface area contributed by atoms with E-state index in [0.29, 0.717) is 18.8 Å². The molecule has 1 amide bonds. The van der Waals surface area contributed by atoms with Crippen molar-refractivity contribution in [2.75, 3.05) is 13.6 Å². The summed E-state index contributed by atoms with van der Waals surface area (Å²) in [7, 11) is 1.82. The lowest BCUT2D eigenvalue weighted by Crippen LogP contribution is -2.38. The Labute approximate surface area is 115 Å². The molecule has 100 valence electrons. The Kier molecular flexibility index (Phi) is 3.35. The Morgan fingerprint density at radius 3 is 3.21 bits per heavy atom. The zero-order chi connectivity index (χ0) is 13.2. The molecule has 5 nitrogen and oxygen atoms in total. The molecule has 0 saturated heterocycles. The number of likely N-dealkylation sites (N-methyl/N-ethyl adjacent to an activating group) is 1. The van der Waals surface area contributed by atoms with Gasteiger partial charge in [0.15, 0.2) is 5.76 Å². The predicted octanol–water partition coefficient (Wildman–Crippen LogP) is 1.58. The van der Waals surface area contributed by atoms with E-state index in [4.69, 9.17) is 4.52 Å². The molecule has 0 spiro atoms. The molecule has 0 radical (unpaired) electrons. The van der Waals surface area contributed by atoms with Gasteiger partial charge in [-0.3, -0.25) is 4.79 Å². The maximum atomic E-state index is 12.6. The molecule has 0 saturated carbocycles. The van der Waals surface area contributed by atoms with Crippen molar-refractivity contribution in [1.82, 2.24) is 15.4 Å². The molecule has 0 aromatic carbocycles. The summed E-state index contributed by atoms with van der Waals surface area (Å²) in [4.78, 5) is 15.5. The average Bonchev–Trinajstić information content (AvgIpc) is 3.04. The van der Waals surface area contributed by atoms with Crippen LogP contribution in [0.1, 0.15) is 22.2 Å². The van der Waals surface area contributed by atoms with Crippen LogP contribution in [0, 0.1) is 0 Å². The first-order valence-corrected chi connectivity index (χ1v) is 7.09. The summed E-state index contributed by atoms with van der Waals surface area (Å²) < 4.78 is 5.09. The molecule has 0 bridgehead atoms. The van der Waals surface area contributed by atoms with Gasteiger partial charge < -0.3 is 14.7 Å². The van der Waals surface area contributed by atoms with E-state index >= 15 is 0 Å². The molecule has 2 aromatic heterocycles. The highest BCUT2D eigenvalue weighted by Crippen LogP contribution is 2.29. The Hall–Kier alpha value is -1.66. The summed E-state index contributed by atoms with van der Waals surface area (Å²) in [6.07, 6.45) is 2.49. The smallest absolute Gasteiger partial charge is 0.245 e. The lowest BCUT2D eigenvalue weighted by Gasteiger charge is -2.23. The van der Waals surface area contributed by atoms with Gasteiger partial charge >= 0.3 is 0 Å². The van der Waals surface area contributed by atoms with Crippen LogP contribution < -0.4 is 5.32 Å². The number of thiophene rings is 1. The minimum absolute atomic E-state index is 0.0973. The second-order valence-corrected chi connectivity index (χ2v) is 5.47. The molecular weight excluding hydrogens is 262 g/mol. The summed E-state index contributed by atoms with van der Waals surface area (Å²) in [6, 6.07) is 3.65. The number of hydrogen-bond donors (Lipinski definition) is 1. The molecule has 0 aliphatic carbocycles. The second-order valence-electron chi connectivity index (χ2n) is 4.52. The van der Waals surface area contributed by atoms with Gasteiger partial charge in [-0.05, 0) is 30.5 Å². The minimum Gasteiger partial charge on any atom is -0.360 e. The van der Waals surface area contributed by atoms with Crippen LogP contribution in [-0.2, 0) is 17.8 Å². The molecule has 1 unspecified atom stereocenters. The van der Waals surface area contributed by atoms with E-state index in [1.807, 2.05) is 17.3 Å². The van der Waals surface area contributed by atoms with Gasteiger partial charge in [-0.1, -0.05) is 5.16 Å².